The summed E-state index contributed by atoms with van der Waals surface area (Å²) in [6.45, 7) is 0. The fourth-order valence-corrected chi connectivity index (χ4v) is 0.454. The topological polar surface area (TPSA) is 17.8 Å². The maximum absolute atomic E-state index is 3.74. The molecule has 0 spiro atoms. The Morgan fingerprint density at radius 2 is 2.43 bits per heavy atom. The zero-order valence-corrected chi connectivity index (χ0v) is 7.59. The van der Waals surface area contributed by atoms with E-state index in [2.05, 4.69) is 21.1 Å². The second kappa shape index (κ2) is 3.66. The molecule has 0 N–H and O–H groups in total. The van der Waals surface area contributed by atoms with Crippen molar-refractivity contribution in [2.24, 2.45) is 0 Å². The van der Waals surface area contributed by atoms with Crippen LogP contribution in [-0.2, 0) is 0 Å². The van der Waals surface area contributed by atoms with E-state index in [1.807, 2.05) is 0 Å². The van der Waals surface area contributed by atoms with Crippen LogP contribution in [0.1, 0.15) is 1.43 Å². The van der Waals surface area contributed by atoms with Crippen molar-refractivity contribution in [2.75, 3.05) is 0 Å². The molecule has 1 aromatic rings. The number of imidazole rings is 1. The van der Waals surface area contributed by atoms with E-state index in [0.29, 0.717) is 0 Å². The van der Waals surface area contributed by atoms with E-state index < -0.39 is 0 Å². The third-order valence-corrected chi connectivity index (χ3v) is 0.892. The van der Waals surface area contributed by atoms with E-state index in [0.717, 1.165) is 0 Å². The van der Waals surface area contributed by atoms with Crippen LogP contribution in [0.15, 0.2) is 18.7 Å². The van der Waals surface area contributed by atoms with Crippen LogP contribution in [0.2, 0.25) is 0 Å². The first kappa shape index (κ1) is 7.69. The number of halogens is 1. The molecule has 0 unspecified atom stereocenters. The molecule has 0 atom stereocenters. The Bertz CT molecular complexity index is 121. The fraction of sp³-hybridized carbons (Fsp3) is 0. The van der Waals surface area contributed by atoms with Crippen molar-refractivity contribution in [1.29, 1.82) is 0 Å². The molecule has 0 aromatic carbocycles. The Kier molecular flexibility index (Phi) is 4.02. The largest absolute Gasteiger partial charge is 1.00 e. The molecule has 1 aromatic heterocycles. The van der Waals surface area contributed by atoms with Crippen molar-refractivity contribution < 1.29 is 31.0 Å². The van der Waals surface area contributed by atoms with E-state index in [4.69, 9.17) is 0 Å². The molecule has 1 heterocycles. The molecular weight excluding hydrogens is 167 g/mol. The van der Waals surface area contributed by atoms with Gasteiger partial charge < -0.3 is 1.43 Å². The Labute approximate surface area is 74.0 Å². The summed E-state index contributed by atoms with van der Waals surface area (Å²) >= 11 is 3.14. The fourth-order valence-electron chi connectivity index (χ4n) is 0.243. The first-order valence-electron chi connectivity index (χ1n) is 1.54. The van der Waals surface area contributed by atoms with Gasteiger partial charge in [-0.3, -0.25) is 3.59 Å². The third-order valence-electron chi connectivity index (χ3n) is 0.472. The number of rotatable bonds is 0. The van der Waals surface area contributed by atoms with Crippen molar-refractivity contribution in [1.82, 2.24) is 8.58 Å². The van der Waals surface area contributed by atoms with Crippen LogP contribution >= 0.6 is 16.1 Å². The van der Waals surface area contributed by atoms with E-state index in [9.17, 15) is 0 Å². The predicted molar refractivity (Wildman–Crippen MR) is 27.7 cm³/mol. The Hall–Kier alpha value is 0.690. The van der Waals surface area contributed by atoms with Gasteiger partial charge in [0.25, 0.3) is 0 Å². The van der Waals surface area contributed by atoms with Gasteiger partial charge in [0.05, 0.1) is 16.1 Å². The van der Waals surface area contributed by atoms with Crippen LogP contribution in [-0.4, -0.2) is 8.58 Å². The third kappa shape index (κ3) is 2.49. The summed E-state index contributed by atoms with van der Waals surface area (Å²) in [6, 6.07) is 0. The second-order valence-electron chi connectivity index (χ2n) is 0.907. The van der Waals surface area contributed by atoms with Crippen molar-refractivity contribution in [3.63, 3.8) is 0 Å². The first-order valence-corrected chi connectivity index (χ1v) is 2.24. The van der Waals surface area contributed by atoms with E-state index in [1.54, 1.807) is 22.3 Å². The number of aromatic nitrogens is 2. The first-order chi connectivity index (χ1) is 2.89. The average Bonchev–Trinajstić information content (AvgIpc) is 1.86. The van der Waals surface area contributed by atoms with Gasteiger partial charge in [0, 0.05) is 12.4 Å². The van der Waals surface area contributed by atoms with Crippen molar-refractivity contribution >= 4 is 16.1 Å². The van der Waals surface area contributed by atoms with Crippen LogP contribution in [0, 0.1) is 0 Å². The van der Waals surface area contributed by atoms with Crippen molar-refractivity contribution in [3.8, 4) is 0 Å². The molecule has 0 fully saturated rings. The minimum absolute atomic E-state index is 0. The normalized spacial score (nSPS) is 7.57. The van der Waals surface area contributed by atoms with E-state index >= 15 is 0 Å². The molecule has 4 heteroatoms. The molecule has 0 amide bonds. The molecule has 7 heavy (non-hydrogen) atoms. The smallest absolute Gasteiger partial charge is 1.00 e. The van der Waals surface area contributed by atoms with E-state index in [1.165, 1.54) is 0 Å². The van der Waals surface area contributed by atoms with Gasteiger partial charge in [0.1, 0.15) is 6.33 Å². The van der Waals surface area contributed by atoms with Crippen molar-refractivity contribution in [2.45, 2.75) is 0 Å². The molecular formula is C3H4BrN2Na. The monoisotopic (exact) mass is 170 g/mol. The number of nitrogens with zero attached hydrogens (tertiary/aromatic N) is 2. The molecule has 0 saturated carbocycles. The summed E-state index contributed by atoms with van der Waals surface area (Å²) in [5, 5.41) is 0. The summed E-state index contributed by atoms with van der Waals surface area (Å²) in [4.78, 5) is 3.74. The molecule has 0 aliphatic heterocycles. The maximum atomic E-state index is 3.74. The summed E-state index contributed by atoms with van der Waals surface area (Å²) in [6.07, 6.45) is 5.18. The summed E-state index contributed by atoms with van der Waals surface area (Å²) < 4.78 is 1.70. The maximum Gasteiger partial charge on any atom is 1.00 e. The van der Waals surface area contributed by atoms with Gasteiger partial charge in [-0.25, -0.2) is 4.98 Å². The van der Waals surface area contributed by atoms with Crippen LogP contribution in [0.4, 0.5) is 0 Å². The zero-order chi connectivity index (χ0) is 4.41. The molecule has 34 valence electrons. The van der Waals surface area contributed by atoms with Crippen LogP contribution in [0.3, 0.4) is 0 Å². The zero-order valence-electron chi connectivity index (χ0n) is 5.00. The molecule has 0 radical (unpaired) electrons. The molecule has 0 saturated heterocycles. The van der Waals surface area contributed by atoms with Gasteiger partial charge in [-0.2, -0.15) is 0 Å². The molecule has 0 aliphatic rings. The van der Waals surface area contributed by atoms with Gasteiger partial charge in [-0.1, -0.05) is 0 Å². The standard InChI is InChI=1S/C3H3BrN2.Na.H/c4-6-2-1-5-3-6;;/h1-3H;;/q;+1;-1. The minimum atomic E-state index is 0. The van der Waals surface area contributed by atoms with E-state index in [-0.39, 0.29) is 31.0 Å². The SMILES string of the molecule is Brn1ccnc1.[H-].[Na+]. The van der Waals surface area contributed by atoms with Crippen LogP contribution in [0.5, 0.6) is 0 Å². The summed E-state index contributed by atoms with van der Waals surface area (Å²) in [7, 11) is 0. The molecule has 0 aliphatic carbocycles. The Balaban J connectivity index is 0. The molecule has 0 bridgehead atoms. The number of hydrogen-bond acceptors (Lipinski definition) is 1. The second-order valence-corrected chi connectivity index (χ2v) is 1.73. The van der Waals surface area contributed by atoms with Crippen molar-refractivity contribution in [3.05, 3.63) is 18.7 Å². The number of hydrogen-bond donors (Lipinski definition) is 0. The van der Waals surface area contributed by atoms with Crippen LogP contribution < -0.4 is 29.6 Å². The Morgan fingerprint density at radius 3 is 2.57 bits per heavy atom. The summed E-state index contributed by atoms with van der Waals surface area (Å²) in [5.74, 6) is 0. The van der Waals surface area contributed by atoms with Gasteiger partial charge in [-0.05, 0) is 0 Å². The van der Waals surface area contributed by atoms with Gasteiger partial charge in [0.15, 0.2) is 0 Å². The molecule has 2 nitrogen and oxygen atoms in total. The van der Waals surface area contributed by atoms with Gasteiger partial charge >= 0.3 is 29.6 Å². The average molecular weight is 171 g/mol. The predicted octanol–water partition coefficient (Wildman–Crippen LogP) is -1.84. The van der Waals surface area contributed by atoms with Gasteiger partial charge in [-0.15, -0.1) is 0 Å². The Morgan fingerprint density at radius 1 is 1.71 bits per heavy atom. The molecule has 1 rings (SSSR count). The van der Waals surface area contributed by atoms with Gasteiger partial charge in [0.2, 0.25) is 0 Å². The quantitative estimate of drug-likeness (QED) is 0.419. The summed E-state index contributed by atoms with van der Waals surface area (Å²) in [5.41, 5.74) is 0. The minimum Gasteiger partial charge on any atom is -1.00 e. The van der Waals surface area contributed by atoms with Crippen LogP contribution in [0.25, 0.3) is 0 Å².